The van der Waals surface area contributed by atoms with E-state index >= 15 is 0 Å². The third kappa shape index (κ3) is 9.63. The number of nitrogens with one attached hydrogen (secondary N) is 4. The van der Waals surface area contributed by atoms with E-state index in [0.29, 0.717) is 36.7 Å². The summed E-state index contributed by atoms with van der Waals surface area (Å²) in [5, 5.41) is 10.0. The van der Waals surface area contributed by atoms with Crippen LogP contribution in [-0.4, -0.2) is 70.3 Å². The second-order valence-corrected chi connectivity index (χ2v) is 15.3. The van der Waals surface area contributed by atoms with Gasteiger partial charge in [0.05, 0.1) is 17.4 Å². The Kier molecular flexibility index (Phi) is 10.6. The van der Waals surface area contributed by atoms with Crippen molar-refractivity contribution in [1.82, 2.24) is 25.1 Å². The number of H-pyrrole nitrogens is 1. The number of piperazine rings is 1. The smallest absolute Gasteiger partial charge is 0.380 e. The van der Waals surface area contributed by atoms with Crippen LogP contribution in [-0.2, 0) is 19.3 Å². The van der Waals surface area contributed by atoms with Gasteiger partial charge in [0.15, 0.2) is 0 Å². The van der Waals surface area contributed by atoms with Gasteiger partial charge in [-0.05, 0) is 92.7 Å². The molecule has 3 heterocycles. The SMILES string of the molecule is Cc1ccc(NC(=O)c2ccc(CN3CCN(C)CC3)c(C(F)(F)F)c2)cc1CNc1cnc2[nH]c(C(=O)NC(C)(C)CC(C)(C)C)cc2c1. The molecule has 0 atom stereocenters. The highest BCUT2D eigenvalue weighted by molar-refractivity contribution is 6.04. The molecule has 0 unspecified atom stereocenters. The minimum Gasteiger partial charge on any atom is -0.380 e. The molecule has 1 aliphatic heterocycles. The lowest BCUT2D eigenvalue weighted by Gasteiger charge is -2.33. The lowest BCUT2D eigenvalue weighted by molar-refractivity contribution is -0.138. The maximum atomic E-state index is 14.1. The van der Waals surface area contributed by atoms with E-state index in [0.717, 1.165) is 47.8 Å². The van der Waals surface area contributed by atoms with Gasteiger partial charge in [0, 0.05) is 61.4 Å². The summed E-state index contributed by atoms with van der Waals surface area (Å²) in [5.74, 6) is -0.814. The van der Waals surface area contributed by atoms with Crippen molar-refractivity contribution in [2.75, 3.05) is 43.9 Å². The van der Waals surface area contributed by atoms with E-state index in [1.807, 2.05) is 44.9 Å². The number of aromatic amines is 1. The van der Waals surface area contributed by atoms with Crippen LogP contribution in [0.15, 0.2) is 54.7 Å². The number of likely N-dealkylation sites (N-methyl/N-ethyl adjacent to an activating group) is 1. The molecule has 1 fully saturated rings. The van der Waals surface area contributed by atoms with Crippen molar-refractivity contribution in [3.05, 3.63) is 88.2 Å². The molecular weight excluding hydrogens is 643 g/mol. The topological polar surface area (TPSA) is 105 Å². The molecule has 5 rings (SSSR count). The van der Waals surface area contributed by atoms with Crippen molar-refractivity contribution < 1.29 is 22.8 Å². The zero-order valence-electron chi connectivity index (χ0n) is 29.9. The summed E-state index contributed by atoms with van der Waals surface area (Å²) >= 11 is 0. The zero-order chi connectivity index (χ0) is 36.4. The number of carbonyl (C=O) groups is 2. The number of anilines is 2. The average Bonchev–Trinajstić information content (AvgIpc) is 3.44. The predicted octanol–water partition coefficient (Wildman–Crippen LogP) is 7.45. The van der Waals surface area contributed by atoms with Crippen LogP contribution < -0.4 is 16.0 Å². The molecule has 0 aliphatic carbocycles. The molecule has 2 aromatic heterocycles. The van der Waals surface area contributed by atoms with Crippen molar-refractivity contribution in [2.45, 2.75) is 72.8 Å². The first-order chi connectivity index (χ1) is 23.3. The summed E-state index contributed by atoms with van der Waals surface area (Å²) in [7, 11) is 2.00. The van der Waals surface area contributed by atoms with Crippen molar-refractivity contribution in [2.24, 2.45) is 5.41 Å². The Morgan fingerprint density at radius 3 is 2.28 bits per heavy atom. The van der Waals surface area contributed by atoms with Gasteiger partial charge >= 0.3 is 6.18 Å². The van der Waals surface area contributed by atoms with Crippen molar-refractivity contribution in [3.8, 4) is 0 Å². The molecule has 2 aromatic carbocycles. The predicted molar refractivity (Wildman–Crippen MR) is 192 cm³/mol. The second-order valence-electron chi connectivity index (χ2n) is 15.3. The quantitative estimate of drug-likeness (QED) is 0.138. The summed E-state index contributed by atoms with van der Waals surface area (Å²) in [4.78, 5) is 38.0. The van der Waals surface area contributed by atoms with Crippen molar-refractivity contribution in [1.29, 1.82) is 0 Å². The van der Waals surface area contributed by atoms with E-state index in [4.69, 9.17) is 0 Å². The molecule has 0 saturated carbocycles. The van der Waals surface area contributed by atoms with Crippen LogP contribution in [0.5, 0.6) is 0 Å². The molecule has 268 valence electrons. The summed E-state index contributed by atoms with van der Waals surface area (Å²) in [5.41, 5.74) is 3.06. The third-order valence-corrected chi connectivity index (χ3v) is 8.90. The summed E-state index contributed by atoms with van der Waals surface area (Å²) in [6, 6.07) is 12.9. The number of aromatic nitrogens is 2. The maximum Gasteiger partial charge on any atom is 0.416 e. The van der Waals surface area contributed by atoms with Gasteiger partial charge in [-0.25, -0.2) is 4.98 Å². The number of rotatable bonds is 10. The molecule has 1 aliphatic rings. The number of alkyl halides is 3. The van der Waals surface area contributed by atoms with Gasteiger partial charge in [0.2, 0.25) is 0 Å². The normalized spacial score (nSPS) is 14.9. The molecule has 4 N–H and O–H groups in total. The molecular formula is C38H48F3N7O2. The highest BCUT2D eigenvalue weighted by Crippen LogP contribution is 2.34. The van der Waals surface area contributed by atoms with Crippen LogP contribution in [0.3, 0.4) is 0 Å². The lowest BCUT2D eigenvalue weighted by Crippen LogP contribution is -2.45. The van der Waals surface area contributed by atoms with E-state index in [1.165, 1.54) is 12.1 Å². The summed E-state index contributed by atoms with van der Waals surface area (Å²) < 4.78 is 42.3. The minimum absolute atomic E-state index is 0.0559. The van der Waals surface area contributed by atoms with Crippen molar-refractivity contribution in [3.63, 3.8) is 0 Å². The van der Waals surface area contributed by atoms with E-state index in [9.17, 15) is 22.8 Å². The van der Waals surface area contributed by atoms with E-state index < -0.39 is 17.6 Å². The van der Waals surface area contributed by atoms with Gasteiger partial charge in [0.1, 0.15) is 11.3 Å². The molecule has 0 radical (unpaired) electrons. The fourth-order valence-corrected chi connectivity index (χ4v) is 6.69. The number of halogens is 3. The molecule has 1 saturated heterocycles. The van der Waals surface area contributed by atoms with Crippen molar-refractivity contribution >= 4 is 34.2 Å². The Morgan fingerprint density at radius 1 is 0.880 bits per heavy atom. The van der Waals surface area contributed by atoms with Crippen LogP contribution in [0, 0.1) is 12.3 Å². The van der Waals surface area contributed by atoms with E-state index in [-0.39, 0.29) is 34.5 Å². The fourth-order valence-electron chi connectivity index (χ4n) is 6.69. The highest BCUT2D eigenvalue weighted by atomic mass is 19.4. The standard InChI is InChI=1S/C38H48F3N7O2/c1-24-8-11-29(44-34(49)25-9-10-26(31(18-25)38(39,40)41)22-48-14-12-47(7)13-15-48)17-28(24)20-42-30-16-27-19-32(45-33(27)43-21-30)35(50)46-37(5,6)23-36(2,3)4/h8-11,16-19,21,42H,12-15,20,22-23H2,1-7H3,(H,43,45)(H,44,49)(H,46,50). The Morgan fingerprint density at radius 2 is 1.60 bits per heavy atom. The number of hydrogen-bond acceptors (Lipinski definition) is 6. The second kappa shape index (κ2) is 14.4. The number of benzene rings is 2. The molecule has 0 bridgehead atoms. The number of hydrogen-bond donors (Lipinski definition) is 4. The van der Waals surface area contributed by atoms with Crippen LogP contribution in [0.1, 0.15) is 84.1 Å². The van der Waals surface area contributed by atoms with Gasteiger partial charge < -0.3 is 25.8 Å². The molecule has 9 nitrogen and oxygen atoms in total. The first-order valence-corrected chi connectivity index (χ1v) is 16.9. The first kappa shape index (κ1) is 36.9. The number of amides is 2. The molecule has 4 aromatic rings. The molecule has 2 amide bonds. The Labute approximate surface area is 292 Å². The molecule has 12 heteroatoms. The third-order valence-electron chi connectivity index (χ3n) is 8.90. The number of nitrogens with zero attached hydrogens (tertiary/aromatic N) is 3. The monoisotopic (exact) mass is 691 g/mol. The van der Waals surface area contributed by atoms with Gasteiger partial charge in [-0.3, -0.25) is 14.5 Å². The highest BCUT2D eigenvalue weighted by Gasteiger charge is 2.35. The van der Waals surface area contributed by atoms with Crippen LogP contribution in [0.4, 0.5) is 24.5 Å². The molecule has 50 heavy (non-hydrogen) atoms. The number of carbonyl (C=O) groups excluding carboxylic acids is 2. The largest absolute Gasteiger partial charge is 0.416 e. The zero-order valence-corrected chi connectivity index (χ0v) is 29.9. The van der Waals surface area contributed by atoms with E-state index in [1.54, 1.807) is 24.4 Å². The number of fused-ring (bicyclic) bond motifs is 1. The van der Waals surface area contributed by atoms with Gasteiger partial charge in [0.25, 0.3) is 11.8 Å². The van der Waals surface area contributed by atoms with E-state index in [2.05, 4.69) is 51.6 Å². The van der Waals surface area contributed by atoms with Crippen LogP contribution >= 0.6 is 0 Å². The van der Waals surface area contributed by atoms with Crippen LogP contribution in [0.25, 0.3) is 11.0 Å². The Hall–Kier alpha value is -4.42. The Balaban J connectivity index is 1.24. The number of aryl methyl sites for hydroxylation is 1. The van der Waals surface area contributed by atoms with Gasteiger partial charge in [-0.2, -0.15) is 13.2 Å². The van der Waals surface area contributed by atoms with Gasteiger partial charge in [-0.15, -0.1) is 0 Å². The van der Waals surface area contributed by atoms with Crippen LogP contribution in [0.2, 0.25) is 0 Å². The molecule has 0 spiro atoms. The van der Waals surface area contributed by atoms with Gasteiger partial charge in [-0.1, -0.05) is 32.9 Å². The maximum absolute atomic E-state index is 14.1. The Bertz CT molecular complexity index is 1850. The fraction of sp³-hybridized carbons (Fsp3) is 0.447. The average molecular weight is 692 g/mol. The lowest BCUT2D eigenvalue weighted by atomic mass is 9.82. The minimum atomic E-state index is -4.59. The summed E-state index contributed by atoms with van der Waals surface area (Å²) in [6.07, 6.45) is -2.10. The first-order valence-electron chi connectivity index (χ1n) is 16.9. The number of pyridine rings is 1. The summed E-state index contributed by atoms with van der Waals surface area (Å²) in [6.45, 7) is 15.9.